The van der Waals surface area contributed by atoms with Crippen molar-refractivity contribution in [1.29, 1.82) is 0 Å². The maximum absolute atomic E-state index is 11.5. The summed E-state index contributed by atoms with van der Waals surface area (Å²) in [6, 6.07) is 1.95. The molecule has 1 unspecified atom stereocenters. The fourth-order valence-corrected chi connectivity index (χ4v) is 1.97. The molecule has 0 aliphatic carbocycles. The lowest BCUT2D eigenvalue weighted by atomic mass is 10.1. The largest absolute Gasteiger partial charge is 0.466 e. The van der Waals surface area contributed by atoms with Crippen molar-refractivity contribution >= 4 is 21.9 Å². The van der Waals surface area contributed by atoms with Crippen molar-refractivity contribution in [2.45, 2.75) is 19.4 Å². The van der Waals surface area contributed by atoms with Crippen LogP contribution in [0.3, 0.4) is 0 Å². The molecular weight excluding hydrogens is 284 g/mol. The van der Waals surface area contributed by atoms with Gasteiger partial charge in [0.15, 0.2) is 0 Å². The number of rotatable bonds is 5. The second-order valence-corrected chi connectivity index (χ2v) is 4.84. The molecule has 5 heteroatoms. The van der Waals surface area contributed by atoms with Crippen molar-refractivity contribution in [3.63, 3.8) is 0 Å². The normalized spacial score (nSPS) is 12.5. The zero-order chi connectivity index (χ0) is 12.8. The monoisotopic (exact) mass is 300 g/mol. The second kappa shape index (κ2) is 6.71. The van der Waals surface area contributed by atoms with Crippen molar-refractivity contribution in [2.75, 3.05) is 20.7 Å². The summed E-state index contributed by atoms with van der Waals surface area (Å²) in [6.07, 6.45) is 3.83. The van der Waals surface area contributed by atoms with E-state index in [1.165, 1.54) is 0 Å². The van der Waals surface area contributed by atoms with Crippen LogP contribution in [-0.2, 0) is 9.53 Å². The Hall–Kier alpha value is -0.940. The maximum atomic E-state index is 11.5. The fraction of sp³-hybridized carbons (Fsp3) is 0.500. The highest BCUT2D eigenvalue weighted by Gasteiger charge is 2.19. The number of halogens is 1. The van der Waals surface area contributed by atoms with Crippen LogP contribution >= 0.6 is 15.9 Å². The van der Waals surface area contributed by atoms with Crippen LogP contribution in [0.25, 0.3) is 0 Å². The van der Waals surface area contributed by atoms with E-state index in [0.29, 0.717) is 13.0 Å². The van der Waals surface area contributed by atoms with Crippen LogP contribution in [-0.4, -0.2) is 36.6 Å². The molecule has 1 rings (SSSR count). The lowest BCUT2D eigenvalue weighted by molar-refractivity contribution is -0.144. The fourth-order valence-electron chi connectivity index (χ4n) is 1.59. The molecule has 0 aliphatic heterocycles. The quantitative estimate of drug-likeness (QED) is 0.783. The molecule has 0 N–H and O–H groups in total. The second-order valence-electron chi connectivity index (χ2n) is 3.93. The minimum absolute atomic E-state index is 0.0148. The molecule has 0 amide bonds. The van der Waals surface area contributed by atoms with Crippen molar-refractivity contribution in [2.24, 2.45) is 0 Å². The van der Waals surface area contributed by atoms with Crippen LogP contribution in [0.5, 0.6) is 0 Å². The van der Waals surface area contributed by atoms with Crippen molar-refractivity contribution in [1.82, 2.24) is 9.88 Å². The van der Waals surface area contributed by atoms with Gasteiger partial charge in [-0.1, -0.05) is 0 Å². The third-order valence-electron chi connectivity index (χ3n) is 2.40. The first kappa shape index (κ1) is 14.1. The van der Waals surface area contributed by atoms with Crippen LogP contribution < -0.4 is 0 Å². The van der Waals surface area contributed by atoms with E-state index in [2.05, 4.69) is 20.9 Å². The summed E-state index contributed by atoms with van der Waals surface area (Å²) in [4.78, 5) is 17.6. The summed E-state index contributed by atoms with van der Waals surface area (Å²) in [7, 11) is 3.87. The molecule has 0 radical (unpaired) electrons. The molecule has 1 heterocycles. The van der Waals surface area contributed by atoms with E-state index in [1.807, 2.05) is 32.0 Å². The summed E-state index contributed by atoms with van der Waals surface area (Å²) in [6.45, 7) is 2.22. The standard InChI is InChI=1S/C12H17BrN2O2/c1-4-17-12(16)6-11(15(2)3)9-5-10(13)8-14-7-9/h5,7-8,11H,4,6H2,1-3H3. The zero-order valence-electron chi connectivity index (χ0n) is 10.3. The highest BCUT2D eigenvalue weighted by molar-refractivity contribution is 9.10. The van der Waals surface area contributed by atoms with Gasteiger partial charge in [-0.3, -0.25) is 9.78 Å². The predicted octanol–water partition coefficient (Wildman–Crippen LogP) is 2.40. The molecule has 0 aromatic carbocycles. The summed E-state index contributed by atoms with van der Waals surface area (Å²) in [5.74, 6) is -0.189. The molecule has 1 aromatic rings. The molecule has 0 bridgehead atoms. The Morgan fingerprint density at radius 3 is 2.76 bits per heavy atom. The van der Waals surface area contributed by atoms with Crippen molar-refractivity contribution in [3.05, 3.63) is 28.5 Å². The van der Waals surface area contributed by atoms with E-state index in [-0.39, 0.29) is 12.0 Å². The number of ether oxygens (including phenoxy) is 1. The topological polar surface area (TPSA) is 42.4 Å². The zero-order valence-corrected chi connectivity index (χ0v) is 11.9. The van der Waals surface area contributed by atoms with Gasteiger partial charge in [-0.15, -0.1) is 0 Å². The SMILES string of the molecule is CCOC(=O)CC(c1cncc(Br)c1)N(C)C. The number of esters is 1. The molecule has 1 atom stereocenters. The molecule has 0 saturated carbocycles. The summed E-state index contributed by atoms with van der Waals surface area (Å²) in [5.41, 5.74) is 0.998. The molecule has 17 heavy (non-hydrogen) atoms. The van der Waals surface area contributed by atoms with Gasteiger partial charge in [0.1, 0.15) is 0 Å². The van der Waals surface area contributed by atoms with Gasteiger partial charge in [-0.05, 0) is 48.6 Å². The Balaban J connectivity index is 2.82. The van der Waals surface area contributed by atoms with Crippen LogP contribution in [0.15, 0.2) is 22.9 Å². The van der Waals surface area contributed by atoms with Gasteiger partial charge in [-0.25, -0.2) is 0 Å². The van der Waals surface area contributed by atoms with Gasteiger partial charge >= 0.3 is 5.97 Å². The van der Waals surface area contributed by atoms with Crippen molar-refractivity contribution < 1.29 is 9.53 Å². The van der Waals surface area contributed by atoms with E-state index in [0.717, 1.165) is 10.0 Å². The Bertz CT molecular complexity index is 383. The summed E-state index contributed by atoms with van der Waals surface area (Å²) >= 11 is 3.38. The number of hydrogen-bond donors (Lipinski definition) is 0. The van der Waals surface area contributed by atoms with Gasteiger partial charge in [0.05, 0.1) is 13.0 Å². The first-order valence-corrected chi connectivity index (χ1v) is 6.26. The van der Waals surface area contributed by atoms with Crippen molar-refractivity contribution in [3.8, 4) is 0 Å². The smallest absolute Gasteiger partial charge is 0.307 e. The summed E-state index contributed by atoms with van der Waals surface area (Å²) in [5, 5.41) is 0. The van der Waals surface area contributed by atoms with Gasteiger partial charge in [0.25, 0.3) is 0 Å². The first-order valence-electron chi connectivity index (χ1n) is 5.47. The van der Waals surface area contributed by atoms with Crippen LogP contribution in [0.4, 0.5) is 0 Å². The Labute approximate surface area is 110 Å². The number of hydrogen-bond acceptors (Lipinski definition) is 4. The number of nitrogens with zero attached hydrogens (tertiary/aromatic N) is 2. The van der Waals surface area contributed by atoms with E-state index < -0.39 is 0 Å². The van der Waals surface area contributed by atoms with E-state index in [4.69, 9.17) is 4.74 Å². The average Bonchev–Trinajstić information content (AvgIpc) is 2.26. The first-order chi connectivity index (χ1) is 8.04. The van der Waals surface area contributed by atoms with Gasteiger partial charge < -0.3 is 9.64 Å². The number of carbonyl (C=O) groups excluding carboxylic acids is 1. The number of pyridine rings is 1. The minimum Gasteiger partial charge on any atom is -0.466 e. The van der Waals surface area contributed by atoms with Gasteiger partial charge in [0.2, 0.25) is 0 Å². The third-order valence-corrected chi connectivity index (χ3v) is 2.83. The number of carbonyl (C=O) groups is 1. The Kier molecular flexibility index (Phi) is 5.58. The maximum Gasteiger partial charge on any atom is 0.307 e. The third kappa shape index (κ3) is 4.44. The van der Waals surface area contributed by atoms with E-state index in [9.17, 15) is 4.79 Å². The van der Waals surface area contributed by atoms with Gasteiger partial charge in [0, 0.05) is 22.9 Å². The molecule has 0 aliphatic rings. The molecule has 94 valence electrons. The highest BCUT2D eigenvalue weighted by Crippen LogP contribution is 2.24. The molecule has 4 nitrogen and oxygen atoms in total. The molecular formula is C12H17BrN2O2. The number of aromatic nitrogens is 1. The molecule has 0 spiro atoms. The van der Waals surface area contributed by atoms with Crippen LogP contribution in [0.2, 0.25) is 0 Å². The van der Waals surface area contributed by atoms with E-state index >= 15 is 0 Å². The van der Waals surface area contributed by atoms with E-state index in [1.54, 1.807) is 12.4 Å². The predicted molar refractivity (Wildman–Crippen MR) is 69.6 cm³/mol. The summed E-state index contributed by atoms with van der Waals surface area (Å²) < 4.78 is 5.88. The minimum atomic E-state index is -0.189. The lowest BCUT2D eigenvalue weighted by Crippen LogP contribution is -2.24. The van der Waals surface area contributed by atoms with Crippen LogP contribution in [0.1, 0.15) is 24.9 Å². The van der Waals surface area contributed by atoms with Crippen LogP contribution in [0, 0.1) is 0 Å². The highest BCUT2D eigenvalue weighted by atomic mass is 79.9. The molecule has 0 fully saturated rings. The molecule has 0 saturated heterocycles. The average molecular weight is 301 g/mol. The lowest BCUT2D eigenvalue weighted by Gasteiger charge is -2.23. The van der Waals surface area contributed by atoms with Gasteiger partial charge in [-0.2, -0.15) is 0 Å². The molecule has 1 aromatic heterocycles. The Morgan fingerprint density at radius 1 is 1.53 bits per heavy atom. The Morgan fingerprint density at radius 2 is 2.24 bits per heavy atom.